The highest BCUT2D eigenvalue weighted by atomic mass is 79.9. The highest BCUT2D eigenvalue weighted by Gasteiger charge is 2.48. The predicted molar refractivity (Wildman–Crippen MR) is 93.9 cm³/mol. The normalized spacial score (nSPS) is 21.2. The van der Waals surface area contributed by atoms with Crippen molar-refractivity contribution in [3.05, 3.63) is 61.3 Å². The summed E-state index contributed by atoms with van der Waals surface area (Å²) in [6.45, 7) is 3.78. The van der Waals surface area contributed by atoms with Gasteiger partial charge in [-0.25, -0.2) is 9.18 Å². The van der Waals surface area contributed by atoms with Gasteiger partial charge in [-0.15, -0.1) is 0 Å². The summed E-state index contributed by atoms with van der Waals surface area (Å²) in [5.41, 5.74) is 1.37. The average Bonchev–Trinajstić information content (AvgIpc) is 2.94. The molecule has 1 aromatic carbocycles. The molecule has 1 aliphatic carbocycles. The largest absolute Gasteiger partial charge is 0.363 e. The van der Waals surface area contributed by atoms with Crippen LogP contribution in [0.3, 0.4) is 0 Å². The molecule has 1 aliphatic heterocycles. The quantitative estimate of drug-likeness (QED) is 0.784. The fraction of sp³-hybridized carbons (Fsp3) is 0.333. The lowest BCUT2D eigenvalue weighted by atomic mass is 9.79. The molecule has 0 amide bonds. The Balaban J connectivity index is 1.99. The Morgan fingerprint density at radius 2 is 2.08 bits per heavy atom. The number of halogens is 2. The maximum atomic E-state index is 13.7. The first-order valence-corrected chi connectivity index (χ1v) is 8.70. The minimum atomic E-state index is -0.574. The molecule has 2 heterocycles. The Bertz CT molecular complexity index is 1020. The monoisotopic (exact) mass is 406 g/mol. The first kappa shape index (κ1) is 16.3. The summed E-state index contributed by atoms with van der Waals surface area (Å²) in [5.74, 6) is -0.436. The number of nitrogens with one attached hydrogen (secondary N) is 1. The standard InChI is InChI=1S/C18H16BrFN2O3/c1-18(2)7-11-13(15(18)23)12(8-4-5-10(20)9(19)6-8)14-16(21-11)22(3)25-17(14)24/h4-6,12,21H,7H2,1-3H3. The highest BCUT2D eigenvalue weighted by molar-refractivity contribution is 9.10. The summed E-state index contributed by atoms with van der Waals surface area (Å²) >= 11 is 3.19. The summed E-state index contributed by atoms with van der Waals surface area (Å²) in [6.07, 6.45) is 0.554. The zero-order valence-corrected chi connectivity index (χ0v) is 15.5. The van der Waals surface area contributed by atoms with Crippen molar-refractivity contribution < 1.29 is 13.7 Å². The van der Waals surface area contributed by atoms with Crippen LogP contribution in [0.2, 0.25) is 0 Å². The third kappa shape index (κ3) is 2.25. The number of fused-ring (bicyclic) bond motifs is 1. The molecule has 1 N–H and O–H groups in total. The van der Waals surface area contributed by atoms with Gasteiger partial charge in [-0.1, -0.05) is 19.9 Å². The summed E-state index contributed by atoms with van der Waals surface area (Å²) in [5, 5.41) is 3.20. The molecule has 0 radical (unpaired) electrons. The molecule has 7 heteroatoms. The highest BCUT2D eigenvalue weighted by Crippen LogP contribution is 2.50. The van der Waals surface area contributed by atoms with Gasteiger partial charge in [0, 0.05) is 30.2 Å². The summed E-state index contributed by atoms with van der Waals surface area (Å²) in [4.78, 5) is 25.4. The van der Waals surface area contributed by atoms with Crippen molar-refractivity contribution >= 4 is 27.5 Å². The van der Waals surface area contributed by atoms with Gasteiger partial charge in [0.05, 0.1) is 16.0 Å². The van der Waals surface area contributed by atoms with E-state index in [1.165, 1.54) is 10.8 Å². The number of carbonyl (C=O) groups excluding carboxylic acids is 1. The topological polar surface area (TPSA) is 64.2 Å². The second kappa shape index (κ2) is 5.17. The van der Waals surface area contributed by atoms with Crippen LogP contribution in [0.5, 0.6) is 0 Å². The number of allylic oxidation sites excluding steroid dienone is 2. The van der Waals surface area contributed by atoms with Crippen LogP contribution in [-0.2, 0) is 11.8 Å². The molecule has 4 rings (SSSR count). The van der Waals surface area contributed by atoms with Gasteiger partial charge in [-0.05, 0) is 33.6 Å². The van der Waals surface area contributed by atoms with Gasteiger partial charge in [-0.2, -0.15) is 4.74 Å². The number of aromatic nitrogens is 1. The van der Waals surface area contributed by atoms with Crippen LogP contribution in [-0.4, -0.2) is 10.5 Å². The maximum absolute atomic E-state index is 13.7. The number of hydrogen-bond acceptors (Lipinski definition) is 4. The van der Waals surface area contributed by atoms with Crippen molar-refractivity contribution in [3.63, 3.8) is 0 Å². The Kier molecular flexibility index (Phi) is 3.38. The molecule has 25 heavy (non-hydrogen) atoms. The number of ketones is 1. The van der Waals surface area contributed by atoms with Crippen molar-refractivity contribution in [2.75, 3.05) is 5.32 Å². The van der Waals surface area contributed by atoms with Crippen molar-refractivity contribution in [3.8, 4) is 0 Å². The van der Waals surface area contributed by atoms with Crippen molar-refractivity contribution in [2.24, 2.45) is 12.5 Å². The average molecular weight is 407 g/mol. The Morgan fingerprint density at radius 3 is 2.76 bits per heavy atom. The minimum absolute atomic E-state index is 0.00523. The molecule has 2 aromatic rings. The molecule has 1 atom stereocenters. The molecule has 0 bridgehead atoms. The van der Waals surface area contributed by atoms with Gasteiger partial charge >= 0.3 is 5.63 Å². The van der Waals surface area contributed by atoms with E-state index in [4.69, 9.17) is 4.52 Å². The number of carbonyl (C=O) groups is 1. The molecule has 2 aliphatic rings. The molecule has 1 aromatic heterocycles. The molecule has 5 nitrogen and oxygen atoms in total. The van der Waals surface area contributed by atoms with E-state index in [1.807, 2.05) is 13.8 Å². The third-order valence-electron chi connectivity index (χ3n) is 4.94. The van der Waals surface area contributed by atoms with Crippen LogP contribution >= 0.6 is 15.9 Å². The van der Waals surface area contributed by atoms with E-state index in [0.717, 1.165) is 5.70 Å². The first-order chi connectivity index (χ1) is 11.7. The predicted octanol–water partition coefficient (Wildman–Crippen LogP) is 3.69. The van der Waals surface area contributed by atoms with Gasteiger partial charge in [-0.3, -0.25) is 4.79 Å². The van der Waals surface area contributed by atoms with Crippen molar-refractivity contribution in [1.82, 2.24) is 4.74 Å². The number of benzene rings is 1. The smallest absolute Gasteiger partial charge is 0.342 e. The number of anilines is 1. The second-order valence-electron chi connectivity index (χ2n) is 7.15. The van der Waals surface area contributed by atoms with Crippen LogP contribution in [0.15, 0.2) is 43.3 Å². The van der Waals surface area contributed by atoms with Crippen LogP contribution in [0.4, 0.5) is 10.2 Å². The number of Topliss-reactive ketones (excluding diaryl/α,β-unsaturated/α-hetero) is 1. The molecule has 0 saturated carbocycles. The van der Waals surface area contributed by atoms with E-state index in [-0.39, 0.29) is 10.3 Å². The second-order valence-corrected chi connectivity index (χ2v) is 8.01. The van der Waals surface area contributed by atoms with Crippen LogP contribution in [0, 0.1) is 11.2 Å². The lowest BCUT2D eigenvalue weighted by Crippen LogP contribution is -2.25. The van der Waals surface area contributed by atoms with Gasteiger partial charge in [0.25, 0.3) is 0 Å². The zero-order chi connectivity index (χ0) is 18.1. The lowest BCUT2D eigenvalue weighted by molar-refractivity contribution is -0.122. The molecule has 0 spiro atoms. The van der Waals surface area contributed by atoms with E-state index >= 15 is 0 Å². The number of hydrogen-bond donors (Lipinski definition) is 1. The van der Waals surface area contributed by atoms with E-state index in [1.54, 1.807) is 19.2 Å². The zero-order valence-electron chi connectivity index (χ0n) is 13.9. The molecular formula is C18H16BrFN2O3. The number of aryl methyl sites for hydroxylation is 1. The number of nitrogens with zero attached hydrogens (tertiary/aromatic N) is 1. The Hall–Kier alpha value is -2.15. The Labute approximate surface area is 151 Å². The Morgan fingerprint density at radius 1 is 1.36 bits per heavy atom. The van der Waals surface area contributed by atoms with Crippen LogP contribution in [0.25, 0.3) is 0 Å². The first-order valence-electron chi connectivity index (χ1n) is 7.90. The molecule has 0 fully saturated rings. The third-order valence-corrected chi connectivity index (χ3v) is 5.54. The summed E-state index contributed by atoms with van der Waals surface area (Å²) < 4.78 is 20.6. The maximum Gasteiger partial charge on any atom is 0.363 e. The van der Waals surface area contributed by atoms with E-state index in [0.29, 0.717) is 28.9 Å². The molecular weight excluding hydrogens is 391 g/mol. The van der Waals surface area contributed by atoms with Crippen LogP contribution < -0.4 is 10.9 Å². The van der Waals surface area contributed by atoms with E-state index < -0.39 is 22.8 Å². The SMILES string of the molecule is Cn1oc(=O)c2c1NC1=C(C(=O)C(C)(C)C1)C2c1ccc(F)c(Br)c1. The fourth-order valence-electron chi connectivity index (χ4n) is 3.73. The summed E-state index contributed by atoms with van der Waals surface area (Å²) in [6, 6.07) is 4.55. The van der Waals surface area contributed by atoms with Crippen LogP contribution in [0.1, 0.15) is 37.3 Å². The lowest BCUT2D eigenvalue weighted by Gasteiger charge is -2.25. The van der Waals surface area contributed by atoms with E-state index in [9.17, 15) is 14.0 Å². The van der Waals surface area contributed by atoms with Gasteiger partial charge < -0.3 is 9.84 Å². The van der Waals surface area contributed by atoms with Gasteiger partial charge in [0.1, 0.15) is 5.82 Å². The number of rotatable bonds is 1. The minimum Gasteiger partial charge on any atom is -0.342 e. The molecule has 0 saturated heterocycles. The molecule has 1 unspecified atom stereocenters. The fourth-order valence-corrected chi connectivity index (χ4v) is 4.13. The summed E-state index contributed by atoms with van der Waals surface area (Å²) in [7, 11) is 1.64. The van der Waals surface area contributed by atoms with Gasteiger partial charge in [0.2, 0.25) is 0 Å². The van der Waals surface area contributed by atoms with E-state index in [2.05, 4.69) is 21.2 Å². The van der Waals surface area contributed by atoms with Gasteiger partial charge in [0.15, 0.2) is 11.6 Å². The van der Waals surface area contributed by atoms with Crippen molar-refractivity contribution in [1.29, 1.82) is 0 Å². The van der Waals surface area contributed by atoms with Crippen molar-refractivity contribution in [2.45, 2.75) is 26.2 Å². The molecule has 130 valence electrons.